The van der Waals surface area contributed by atoms with E-state index in [1.54, 1.807) is 12.5 Å². The Morgan fingerprint density at radius 2 is 2.04 bits per heavy atom. The molecule has 0 saturated carbocycles. The van der Waals surface area contributed by atoms with Gasteiger partial charge in [0.2, 0.25) is 0 Å². The van der Waals surface area contributed by atoms with Gasteiger partial charge in [0.15, 0.2) is 0 Å². The second-order valence-corrected chi connectivity index (χ2v) is 6.39. The van der Waals surface area contributed by atoms with Gasteiger partial charge in [-0.25, -0.2) is 15.0 Å². The second-order valence-electron chi connectivity index (χ2n) is 6.39. The van der Waals surface area contributed by atoms with E-state index in [2.05, 4.69) is 27.2 Å². The van der Waals surface area contributed by atoms with E-state index in [0.29, 0.717) is 0 Å². The van der Waals surface area contributed by atoms with E-state index in [1.807, 2.05) is 53.5 Å². The number of hydrogen-bond acceptors (Lipinski definition) is 5. The Kier molecular flexibility index (Phi) is 4.78. The zero-order valence-electron chi connectivity index (χ0n) is 14.3. The normalized spacial score (nSPS) is 20.3. The van der Waals surface area contributed by atoms with Crippen LogP contribution in [-0.2, 0) is 0 Å². The van der Waals surface area contributed by atoms with Crippen molar-refractivity contribution in [2.24, 2.45) is 0 Å². The minimum absolute atomic E-state index is 0.258. The third-order valence-electron chi connectivity index (χ3n) is 4.51. The van der Waals surface area contributed by atoms with Crippen LogP contribution in [0, 0.1) is 11.8 Å². The third-order valence-corrected chi connectivity index (χ3v) is 4.51. The predicted octanol–water partition coefficient (Wildman–Crippen LogP) is 2.83. The van der Waals surface area contributed by atoms with E-state index in [9.17, 15) is 5.11 Å². The van der Waals surface area contributed by atoms with E-state index in [0.717, 1.165) is 41.5 Å². The number of hydrazine groups is 1. The molecule has 1 fully saturated rings. The number of aliphatic hydroxyl groups excluding tert-OH is 1. The van der Waals surface area contributed by atoms with Crippen LogP contribution in [0.1, 0.15) is 18.4 Å². The van der Waals surface area contributed by atoms with Crippen LogP contribution in [0.2, 0.25) is 0 Å². The molecule has 5 heteroatoms. The van der Waals surface area contributed by atoms with Gasteiger partial charge in [0.1, 0.15) is 12.4 Å². The van der Waals surface area contributed by atoms with Gasteiger partial charge in [0.25, 0.3) is 0 Å². The van der Waals surface area contributed by atoms with Crippen LogP contribution in [0.25, 0.3) is 10.9 Å². The van der Waals surface area contributed by atoms with Crippen molar-refractivity contribution in [2.45, 2.75) is 25.0 Å². The molecule has 1 aromatic heterocycles. The number of hydrogen-bond donors (Lipinski definition) is 2. The van der Waals surface area contributed by atoms with Gasteiger partial charge in [-0.3, -0.25) is 0 Å². The number of piperidine rings is 1. The minimum atomic E-state index is -0.476. The number of aliphatic hydroxyl groups is 1. The molecule has 2 aromatic carbocycles. The second kappa shape index (κ2) is 7.52. The Morgan fingerprint density at radius 1 is 1.15 bits per heavy atom. The lowest BCUT2D eigenvalue weighted by atomic mass is 10.0. The molecule has 0 radical (unpaired) electrons. The fourth-order valence-electron chi connectivity index (χ4n) is 3.17. The summed E-state index contributed by atoms with van der Waals surface area (Å²) in [5.74, 6) is 6.45. The average molecular weight is 344 g/mol. The van der Waals surface area contributed by atoms with Gasteiger partial charge < -0.3 is 10.5 Å². The van der Waals surface area contributed by atoms with Crippen LogP contribution in [0.4, 0.5) is 5.69 Å². The number of benzene rings is 2. The molecule has 1 saturated heterocycles. The number of nitrogens with one attached hydrogen (secondary N) is 1. The molecule has 2 heterocycles. The molecule has 2 unspecified atom stereocenters. The zero-order valence-corrected chi connectivity index (χ0v) is 14.3. The monoisotopic (exact) mass is 344 g/mol. The molecule has 4 rings (SSSR count). The van der Waals surface area contributed by atoms with E-state index in [1.165, 1.54) is 0 Å². The van der Waals surface area contributed by atoms with Gasteiger partial charge in [0, 0.05) is 29.4 Å². The number of anilines is 1. The highest BCUT2D eigenvalue weighted by Gasteiger charge is 2.28. The molecule has 1 aliphatic heterocycles. The van der Waals surface area contributed by atoms with E-state index in [4.69, 9.17) is 0 Å². The molecule has 130 valence electrons. The minimum Gasteiger partial charge on any atom is -0.390 e. The molecule has 0 spiro atoms. The summed E-state index contributed by atoms with van der Waals surface area (Å²) < 4.78 is 0. The average Bonchev–Trinajstić information content (AvgIpc) is 2.68. The standard InChI is InChI=1S/C21H20N4O/c26-21-7-4-12-25(24-18-5-2-1-3-6-18)20(21)11-9-16-8-10-19-17(13-16)14-22-15-23-19/h1-3,5-6,8,10,13-15,20-21,24,26H,4,7,12H2. The number of aromatic nitrogens is 2. The summed E-state index contributed by atoms with van der Waals surface area (Å²) in [7, 11) is 0. The molecule has 0 amide bonds. The quantitative estimate of drug-likeness (QED) is 0.700. The summed E-state index contributed by atoms with van der Waals surface area (Å²) in [4.78, 5) is 8.28. The topological polar surface area (TPSA) is 61.3 Å². The number of fused-ring (bicyclic) bond motifs is 1. The first kappa shape index (κ1) is 16.5. The Labute approximate surface area is 152 Å². The van der Waals surface area contributed by atoms with Crippen LogP contribution in [-0.4, -0.2) is 38.8 Å². The molecule has 1 aliphatic rings. The van der Waals surface area contributed by atoms with Crippen LogP contribution >= 0.6 is 0 Å². The summed E-state index contributed by atoms with van der Waals surface area (Å²) in [6, 6.07) is 15.6. The highest BCUT2D eigenvalue weighted by atomic mass is 16.3. The zero-order chi connectivity index (χ0) is 17.8. The molecule has 26 heavy (non-hydrogen) atoms. The van der Waals surface area contributed by atoms with E-state index < -0.39 is 6.10 Å². The molecule has 0 aliphatic carbocycles. The fraction of sp³-hybridized carbons (Fsp3) is 0.238. The van der Waals surface area contributed by atoms with Crippen molar-refractivity contribution in [3.8, 4) is 11.8 Å². The smallest absolute Gasteiger partial charge is 0.116 e. The Hall–Kier alpha value is -2.94. The van der Waals surface area contributed by atoms with E-state index >= 15 is 0 Å². The van der Waals surface area contributed by atoms with Crippen molar-refractivity contribution in [1.29, 1.82) is 0 Å². The molecular weight excluding hydrogens is 324 g/mol. The van der Waals surface area contributed by atoms with Crippen molar-refractivity contribution in [3.63, 3.8) is 0 Å². The Morgan fingerprint density at radius 3 is 2.92 bits per heavy atom. The molecule has 2 N–H and O–H groups in total. The Balaban J connectivity index is 1.58. The summed E-state index contributed by atoms with van der Waals surface area (Å²) in [5.41, 5.74) is 6.17. The lowest BCUT2D eigenvalue weighted by Gasteiger charge is -2.36. The van der Waals surface area contributed by atoms with Crippen LogP contribution in [0.3, 0.4) is 0 Å². The van der Waals surface area contributed by atoms with Gasteiger partial charge in [-0.15, -0.1) is 0 Å². The summed E-state index contributed by atoms with van der Waals surface area (Å²) in [5, 5.41) is 13.5. The summed E-state index contributed by atoms with van der Waals surface area (Å²) in [6.45, 7) is 0.844. The van der Waals surface area contributed by atoms with Crippen molar-refractivity contribution in [1.82, 2.24) is 15.0 Å². The van der Waals surface area contributed by atoms with Crippen molar-refractivity contribution < 1.29 is 5.11 Å². The van der Waals surface area contributed by atoms with Crippen LogP contribution in [0.5, 0.6) is 0 Å². The maximum Gasteiger partial charge on any atom is 0.116 e. The molecular formula is C21H20N4O. The first-order valence-corrected chi connectivity index (χ1v) is 8.77. The molecule has 2 atom stereocenters. The fourth-order valence-corrected chi connectivity index (χ4v) is 3.17. The largest absolute Gasteiger partial charge is 0.390 e. The number of para-hydroxylation sites is 1. The predicted molar refractivity (Wildman–Crippen MR) is 102 cm³/mol. The molecule has 3 aromatic rings. The summed E-state index contributed by atoms with van der Waals surface area (Å²) >= 11 is 0. The van der Waals surface area contributed by atoms with Crippen molar-refractivity contribution >= 4 is 16.6 Å². The van der Waals surface area contributed by atoms with Gasteiger partial charge in [-0.2, -0.15) is 0 Å². The first-order valence-electron chi connectivity index (χ1n) is 8.77. The van der Waals surface area contributed by atoms with Gasteiger partial charge in [-0.05, 0) is 43.2 Å². The van der Waals surface area contributed by atoms with Gasteiger partial charge >= 0.3 is 0 Å². The number of rotatable bonds is 2. The highest BCUT2D eigenvalue weighted by Crippen LogP contribution is 2.19. The maximum atomic E-state index is 10.5. The summed E-state index contributed by atoms with van der Waals surface area (Å²) in [6.07, 6.45) is 4.55. The maximum absolute atomic E-state index is 10.5. The Bertz CT molecular complexity index is 948. The molecule has 5 nitrogen and oxygen atoms in total. The van der Waals surface area contributed by atoms with Gasteiger partial charge in [0.05, 0.1) is 11.6 Å². The number of nitrogens with zero attached hydrogens (tertiary/aromatic N) is 3. The highest BCUT2D eigenvalue weighted by molar-refractivity contribution is 5.78. The van der Waals surface area contributed by atoms with Gasteiger partial charge in [-0.1, -0.05) is 30.0 Å². The third kappa shape index (κ3) is 3.67. The van der Waals surface area contributed by atoms with Crippen molar-refractivity contribution in [2.75, 3.05) is 12.0 Å². The first-order chi connectivity index (χ1) is 12.8. The SMILES string of the molecule is OC1CCCN(Nc2ccccc2)C1C#Cc1ccc2ncncc2c1. The van der Waals surface area contributed by atoms with E-state index in [-0.39, 0.29) is 6.04 Å². The van der Waals surface area contributed by atoms with Crippen LogP contribution < -0.4 is 5.43 Å². The molecule has 0 bridgehead atoms. The lowest BCUT2D eigenvalue weighted by Crippen LogP contribution is -2.50. The lowest BCUT2D eigenvalue weighted by molar-refractivity contribution is 0.0519. The van der Waals surface area contributed by atoms with Crippen LogP contribution in [0.15, 0.2) is 61.1 Å². The van der Waals surface area contributed by atoms with Crippen molar-refractivity contribution in [3.05, 3.63) is 66.6 Å².